The van der Waals surface area contributed by atoms with Gasteiger partial charge in [0.05, 0.1) is 23.7 Å². The monoisotopic (exact) mass is 458 g/mol. The minimum absolute atomic E-state index is 0.0124. The van der Waals surface area contributed by atoms with Gasteiger partial charge in [0.15, 0.2) is 5.78 Å². The first-order chi connectivity index (χ1) is 14.9. The third-order valence-corrected chi connectivity index (χ3v) is 5.99. The molecule has 0 aliphatic carbocycles. The number of allylic oxidation sites excluding steroid dienone is 1. The molecule has 32 heavy (non-hydrogen) atoms. The van der Waals surface area contributed by atoms with Crippen LogP contribution in [0.15, 0.2) is 30.3 Å². The highest BCUT2D eigenvalue weighted by molar-refractivity contribution is 7.92. The molecule has 0 aliphatic rings. The molecule has 0 unspecified atom stereocenters. The minimum atomic E-state index is -3.61. The topological polar surface area (TPSA) is 104 Å². The van der Waals surface area contributed by atoms with Crippen LogP contribution in [0.5, 0.6) is 0 Å². The third kappa shape index (κ3) is 6.44. The zero-order valence-electron chi connectivity index (χ0n) is 18.8. The molecular formula is C23H27FN4O3S. The van der Waals surface area contributed by atoms with Crippen LogP contribution in [0.25, 0.3) is 17.3 Å². The average Bonchev–Trinajstić information content (AvgIpc) is 2.71. The maximum atomic E-state index is 13.5. The number of benzene rings is 1. The largest absolute Gasteiger partial charge is 0.295 e. The summed E-state index contributed by atoms with van der Waals surface area (Å²) in [6.07, 6.45) is 4.60. The standard InChI is InChI=1S/C23H27FN4O3S/c1-15(2)21-20(11-10-19(29)14-16(3)12-13-25)22(17-6-8-18(24)9-7-17)27-23(26-21)28(4)32(5,30)31/h6-11,15-16H,12,14H2,1-5H3/b11-10+/t16-/m0/s1. The summed E-state index contributed by atoms with van der Waals surface area (Å²) in [6, 6.07) is 7.71. The number of anilines is 1. The smallest absolute Gasteiger partial charge is 0.239 e. The van der Waals surface area contributed by atoms with Gasteiger partial charge in [-0.05, 0) is 48.3 Å². The van der Waals surface area contributed by atoms with Crippen molar-refractivity contribution in [2.75, 3.05) is 17.6 Å². The molecule has 0 radical (unpaired) electrons. The van der Waals surface area contributed by atoms with Gasteiger partial charge in [0, 0.05) is 31.0 Å². The Labute approximate surface area is 188 Å². The van der Waals surface area contributed by atoms with Crippen LogP contribution in [0.3, 0.4) is 0 Å². The van der Waals surface area contributed by atoms with Crippen LogP contribution in [0.4, 0.5) is 10.3 Å². The molecule has 1 aromatic carbocycles. The highest BCUT2D eigenvalue weighted by Crippen LogP contribution is 2.31. The molecule has 9 heteroatoms. The van der Waals surface area contributed by atoms with Crippen LogP contribution in [-0.2, 0) is 14.8 Å². The normalized spacial score (nSPS) is 12.7. The summed E-state index contributed by atoms with van der Waals surface area (Å²) in [6.45, 7) is 5.63. The van der Waals surface area contributed by atoms with E-state index in [0.717, 1.165) is 10.6 Å². The molecule has 0 saturated carbocycles. The molecule has 7 nitrogen and oxygen atoms in total. The summed E-state index contributed by atoms with van der Waals surface area (Å²) < 4.78 is 38.6. The van der Waals surface area contributed by atoms with Crippen LogP contribution in [0.1, 0.15) is 50.8 Å². The summed E-state index contributed by atoms with van der Waals surface area (Å²) in [5.41, 5.74) is 2.06. The van der Waals surface area contributed by atoms with Gasteiger partial charge in [-0.1, -0.05) is 20.8 Å². The van der Waals surface area contributed by atoms with Crippen molar-refractivity contribution in [3.63, 3.8) is 0 Å². The highest BCUT2D eigenvalue weighted by atomic mass is 32.2. The van der Waals surface area contributed by atoms with E-state index in [1.165, 1.54) is 25.3 Å². The summed E-state index contributed by atoms with van der Waals surface area (Å²) in [5.74, 6) is -0.762. The van der Waals surface area contributed by atoms with E-state index in [0.29, 0.717) is 22.5 Å². The van der Waals surface area contributed by atoms with E-state index >= 15 is 0 Å². The Morgan fingerprint density at radius 2 is 1.84 bits per heavy atom. The molecule has 0 spiro atoms. The van der Waals surface area contributed by atoms with Gasteiger partial charge in [0.25, 0.3) is 0 Å². The van der Waals surface area contributed by atoms with E-state index in [2.05, 4.69) is 16.0 Å². The number of carbonyl (C=O) groups excluding carboxylic acids is 1. The van der Waals surface area contributed by atoms with Crippen LogP contribution in [-0.4, -0.2) is 37.5 Å². The Balaban J connectivity index is 2.67. The lowest BCUT2D eigenvalue weighted by atomic mass is 9.96. The minimum Gasteiger partial charge on any atom is -0.295 e. The highest BCUT2D eigenvalue weighted by Gasteiger charge is 2.22. The van der Waals surface area contributed by atoms with Crippen LogP contribution in [0.2, 0.25) is 0 Å². The Hall–Kier alpha value is -3.12. The van der Waals surface area contributed by atoms with Gasteiger partial charge in [-0.2, -0.15) is 5.26 Å². The number of aromatic nitrogens is 2. The van der Waals surface area contributed by atoms with Crippen molar-refractivity contribution in [3.8, 4) is 17.3 Å². The van der Waals surface area contributed by atoms with Crippen molar-refractivity contribution < 1.29 is 17.6 Å². The maximum absolute atomic E-state index is 13.5. The number of sulfonamides is 1. The molecule has 0 aliphatic heterocycles. The number of nitrogens with zero attached hydrogens (tertiary/aromatic N) is 4. The molecule has 0 N–H and O–H groups in total. The molecular weight excluding hydrogens is 431 g/mol. The van der Waals surface area contributed by atoms with Crippen molar-refractivity contribution in [2.45, 2.75) is 39.5 Å². The van der Waals surface area contributed by atoms with Gasteiger partial charge in [-0.3, -0.25) is 4.79 Å². The number of hydrogen-bond acceptors (Lipinski definition) is 6. The first-order valence-corrected chi connectivity index (χ1v) is 12.0. The lowest BCUT2D eigenvalue weighted by Gasteiger charge is -2.20. The van der Waals surface area contributed by atoms with Crippen LogP contribution >= 0.6 is 0 Å². The maximum Gasteiger partial charge on any atom is 0.239 e. The number of ketones is 1. The second kappa shape index (κ2) is 10.5. The third-order valence-electron chi connectivity index (χ3n) is 4.83. The lowest BCUT2D eigenvalue weighted by Crippen LogP contribution is -2.27. The van der Waals surface area contributed by atoms with Gasteiger partial charge in [-0.25, -0.2) is 27.1 Å². The molecule has 1 atom stereocenters. The first-order valence-electron chi connectivity index (χ1n) is 10.1. The van der Waals surface area contributed by atoms with E-state index in [-0.39, 0.29) is 36.4 Å². The van der Waals surface area contributed by atoms with E-state index in [9.17, 15) is 17.6 Å². The quantitative estimate of drug-likeness (QED) is 0.518. The lowest BCUT2D eigenvalue weighted by molar-refractivity contribution is -0.115. The van der Waals surface area contributed by atoms with Gasteiger partial charge in [0.2, 0.25) is 16.0 Å². The predicted octanol–water partition coefficient (Wildman–Crippen LogP) is 4.32. The van der Waals surface area contributed by atoms with Gasteiger partial charge >= 0.3 is 0 Å². The van der Waals surface area contributed by atoms with Crippen molar-refractivity contribution in [2.24, 2.45) is 5.92 Å². The Bertz CT molecular complexity index is 1150. The Morgan fingerprint density at radius 1 is 1.22 bits per heavy atom. The molecule has 2 aromatic rings. The van der Waals surface area contributed by atoms with E-state index < -0.39 is 15.8 Å². The SMILES string of the molecule is CC(C)c1nc(N(C)S(C)(=O)=O)nc(-c2ccc(F)cc2)c1/C=C/C(=O)C[C@@H](C)CC#N. The summed E-state index contributed by atoms with van der Waals surface area (Å²) >= 11 is 0. The van der Waals surface area contributed by atoms with Crippen molar-refractivity contribution in [1.82, 2.24) is 9.97 Å². The second-order valence-corrected chi connectivity index (χ2v) is 10.0. The molecule has 2 rings (SSSR count). The van der Waals surface area contributed by atoms with Gasteiger partial charge in [-0.15, -0.1) is 0 Å². The van der Waals surface area contributed by atoms with E-state index in [1.807, 2.05) is 20.8 Å². The Morgan fingerprint density at radius 3 is 2.38 bits per heavy atom. The zero-order valence-corrected chi connectivity index (χ0v) is 19.6. The molecule has 0 amide bonds. The molecule has 1 aromatic heterocycles. The number of halogens is 1. The van der Waals surface area contributed by atoms with E-state index in [1.54, 1.807) is 18.2 Å². The number of rotatable bonds is 9. The summed E-state index contributed by atoms with van der Waals surface area (Å²) in [5, 5.41) is 8.80. The van der Waals surface area contributed by atoms with Crippen molar-refractivity contribution in [3.05, 3.63) is 47.4 Å². The van der Waals surface area contributed by atoms with Gasteiger partial charge in [0.1, 0.15) is 5.82 Å². The summed E-state index contributed by atoms with van der Waals surface area (Å²) in [4.78, 5) is 21.3. The second-order valence-electron chi connectivity index (χ2n) is 8.03. The fourth-order valence-corrected chi connectivity index (χ4v) is 3.39. The van der Waals surface area contributed by atoms with Crippen molar-refractivity contribution in [1.29, 1.82) is 5.26 Å². The molecule has 170 valence electrons. The molecule has 0 fully saturated rings. The fraction of sp³-hybridized carbons (Fsp3) is 0.391. The van der Waals surface area contributed by atoms with Crippen LogP contribution < -0.4 is 4.31 Å². The molecule has 0 saturated heterocycles. The Kier molecular flexibility index (Phi) is 8.22. The number of carbonyl (C=O) groups is 1. The molecule has 0 bridgehead atoms. The summed E-state index contributed by atoms with van der Waals surface area (Å²) in [7, 11) is -2.25. The number of nitriles is 1. The number of hydrogen-bond donors (Lipinski definition) is 0. The first kappa shape index (κ1) is 25.1. The van der Waals surface area contributed by atoms with E-state index in [4.69, 9.17) is 5.26 Å². The average molecular weight is 459 g/mol. The van der Waals surface area contributed by atoms with Crippen molar-refractivity contribution >= 4 is 27.8 Å². The molecule has 1 heterocycles. The predicted molar refractivity (Wildman–Crippen MR) is 123 cm³/mol. The fourth-order valence-electron chi connectivity index (χ4n) is 3.01. The zero-order chi connectivity index (χ0) is 24.1. The van der Waals surface area contributed by atoms with Gasteiger partial charge < -0.3 is 0 Å². The van der Waals surface area contributed by atoms with Crippen LogP contribution in [0, 0.1) is 23.1 Å².